The molecular formula is C10H18N4O2S. The Hall–Kier alpha value is -1.08. The van der Waals surface area contributed by atoms with Crippen LogP contribution in [0.15, 0.2) is 9.64 Å². The summed E-state index contributed by atoms with van der Waals surface area (Å²) < 4.78 is 5.41. The molecule has 1 aromatic rings. The van der Waals surface area contributed by atoms with E-state index in [4.69, 9.17) is 4.42 Å². The van der Waals surface area contributed by atoms with Crippen LogP contribution in [0.4, 0.5) is 0 Å². The molecular weight excluding hydrogens is 240 g/mol. The van der Waals surface area contributed by atoms with Crippen LogP contribution in [0.1, 0.15) is 19.7 Å². The van der Waals surface area contributed by atoms with Gasteiger partial charge in [0.2, 0.25) is 11.8 Å². The van der Waals surface area contributed by atoms with E-state index < -0.39 is 0 Å². The molecule has 1 rings (SSSR count). The van der Waals surface area contributed by atoms with Crippen LogP contribution in [0.5, 0.6) is 0 Å². The van der Waals surface area contributed by atoms with Gasteiger partial charge in [0.25, 0.3) is 5.22 Å². The minimum atomic E-state index is -0.234. The molecule has 1 atom stereocenters. The molecule has 0 saturated heterocycles. The first-order valence-corrected chi connectivity index (χ1v) is 6.32. The Bertz CT molecular complexity index is 367. The summed E-state index contributed by atoms with van der Waals surface area (Å²) in [6.07, 6.45) is 0. The van der Waals surface area contributed by atoms with E-state index in [-0.39, 0.29) is 11.2 Å². The second kappa shape index (κ2) is 6.61. The molecule has 0 aliphatic rings. The van der Waals surface area contributed by atoms with E-state index in [0.29, 0.717) is 24.2 Å². The highest BCUT2D eigenvalue weighted by molar-refractivity contribution is 8.00. The maximum absolute atomic E-state index is 11.5. The van der Waals surface area contributed by atoms with Crippen LogP contribution in [0.3, 0.4) is 0 Å². The lowest BCUT2D eigenvalue weighted by molar-refractivity contribution is -0.120. The molecule has 6 nitrogen and oxygen atoms in total. The van der Waals surface area contributed by atoms with Crippen molar-refractivity contribution >= 4 is 17.7 Å². The first kappa shape index (κ1) is 14.0. The molecule has 0 fully saturated rings. The molecule has 0 saturated carbocycles. The van der Waals surface area contributed by atoms with Gasteiger partial charge in [-0.05, 0) is 27.9 Å². The quantitative estimate of drug-likeness (QED) is 0.759. The molecule has 1 aromatic heterocycles. The van der Waals surface area contributed by atoms with Crippen LogP contribution >= 0.6 is 11.8 Å². The molecule has 0 spiro atoms. The number of nitrogens with one attached hydrogen (secondary N) is 1. The molecule has 0 aliphatic heterocycles. The molecule has 7 heteroatoms. The van der Waals surface area contributed by atoms with Crippen molar-refractivity contribution in [1.82, 2.24) is 20.4 Å². The van der Waals surface area contributed by atoms with Crippen molar-refractivity contribution in [2.45, 2.75) is 30.9 Å². The second-order valence-corrected chi connectivity index (χ2v) is 5.15. The number of nitrogens with zero attached hydrogens (tertiary/aromatic N) is 3. The third-order valence-electron chi connectivity index (χ3n) is 1.90. The molecule has 17 heavy (non-hydrogen) atoms. The lowest BCUT2D eigenvalue weighted by Crippen LogP contribution is -2.30. The SMILES string of the molecule is CCNC(=O)[C@H](C)Sc1nnc(CN(C)C)o1. The third kappa shape index (κ3) is 4.74. The average molecular weight is 258 g/mol. The summed E-state index contributed by atoms with van der Waals surface area (Å²) in [6, 6.07) is 0. The lowest BCUT2D eigenvalue weighted by atomic mass is 10.4. The van der Waals surface area contributed by atoms with Crippen molar-refractivity contribution in [3.63, 3.8) is 0 Å². The molecule has 0 aromatic carbocycles. The molecule has 0 aliphatic carbocycles. The molecule has 0 unspecified atom stereocenters. The van der Waals surface area contributed by atoms with Gasteiger partial charge in [0.05, 0.1) is 11.8 Å². The van der Waals surface area contributed by atoms with Gasteiger partial charge in [0, 0.05) is 6.54 Å². The van der Waals surface area contributed by atoms with E-state index in [2.05, 4.69) is 15.5 Å². The van der Waals surface area contributed by atoms with Gasteiger partial charge in [-0.3, -0.25) is 4.79 Å². The highest BCUT2D eigenvalue weighted by Crippen LogP contribution is 2.21. The second-order valence-electron chi connectivity index (χ2n) is 3.85. The van der Waals surface area contributed by atoms with E-state index in [1.54, 1.807) is 0 Å². The van der Waals surface area contributed by atoms with Crippen molar-refractivity contribution in [3.8, 4) is 0 Å². The predicted molar refractivity (Wildman–Crippen MR) is 65.7 cm³/mol. The van der Waals surface area contributed by atoms with Crippen LogP contribution in [0.25, 0.3) is 0 Å². The van der Waals surface area contributed by atoms with Gasteiger partial charge in [-0.2, -0.15) is 0 Å². The Morgan fingerprint density at radius 2 is 2.24 bits per heavy atom. The molecule has 0 radical (unpaired) electrons. The average Bonchev–Trinajstić information content (AvgIpc) is 2.64. The number of amides is 1. The van der Waals surface area contributed by atoms with E-state index in [9.17, 15) is 4.79 Å². The topological polar surface area (TPSA) is 71.3 Å². The fourth-order valence-corrected chi connectivity index (χ4v) is 1.87. The summed E-state index contributed by atoms with van der Waals surface area (Å²) in [4.78, 5) is 13.4. The zero-order chi connectivity index (χ0) is 12.8. The number of hydrogen-bond donors (Lipinski definition) is 1. The first-order chi connectivity index (χ1) is 8.02. The highest BCUT2D eigenvalue weighted by Gasteiger charge is 2.17. The summed E-state index contributed by atoms with van der Waals surface area (Å²) in [6.45, 7) is 4.92. The highest BCUT2D eigenvalue weighted by atomic mass is 32.2. The first-order valence-electron chi connectivity index (χ1n) is 5.44. The van der Waals surface area contributed by atoms with Crippen LogP contribution in [-0.4, -0.2) is 46.9 Å². The Morgan fingerprint density at radius 1 is 1.53 bits per heavy atom. The Balaban J connectivity index is 2.51. The molecule has 1 N–H and O–H groups in total. The minimum Gasteiger partial charge on any atom is -0.415 e. The smallest absolute Gasteiger partial charge is 0.277 e. The van der Waals surface area contributed by atoms with Gasteiger partial charge >= 0.3 is 0 Å². The number of carbonyl (C=O) groups is 1. The number of thioether (sulfide) groups is 1. The Labute approximate surface area is 105 Å². The predicted octanol–water partition coefficient (Wildman–Crippen LogP) is 0.748. The maximum Gasteiger partial charge on any atom is 0.277 e. The number of aromatic nitrogens is 2. The van der Waals surface area contributed by atoms with Gasteiger partial charge in [-0.1, -0.05) is 11.8 Å². The molecule has 96 valence electrons. The third-order valence-corrected chi connectivity index (χ3v) is 2.83. The minimum absolute atomic E-state index is 0.0233. The maximum atomic E-state index is 11.5. The normalized spacial score (nSPS) is 12.8. The van der Waals surface area contributed by atoms with Crippen molar-refractivity contribution < 1.29 is 9.21 Å². The van der Waals surface area contributed by atoms with Crippen molar-refractivity contribution in [3.05, 3.63) is 5.89 Å². The molecule has 1 amide bonds. The summed E-state index contributed by atoms with van der Waals surface area (Å²) >= 11 is 1.27. The van der Waals surface area contributed by atoms with Crippen LogP contribution in [0, 0.1) is 0 Å². The largest absolute Gasteiger partial charge is 0.415 e. The van der Waals surface area contributed by atoms with Crippen molar-refractivity contribution in [2.24, 2.45) is 0 Å². The summed E-state index contributed by atoms with van der Waals surface area (Å²) in [5, 5.41) is 10.7. The summed E-state index contributed by atoms with van der Waals surface area (Å²) in [5.74, 6) is 0.533. The Morgan fingerprint density at radius 3 is 2.82 bits per heavy atom. The Kier molecular flexibility index (Phi) is 5.43. The lowest BCUT2D eigenvalue weighted by Gasteiger charge is -2.07. The summed E-state index contributed by atoms with van der Waals surface area (Å²) in [7, 11) is 3.85. The van der Waals surface area contributed by atoms with E-state index >= 15 is 0 Å². The molecule has 0 bridgehead atoms. The van der Waals surface area contributed by atoms with Gasteiger partial charge in [0.1, 0.15) is 0 Å². The van der Waals surface area contributed by atoms with Gasteiger partial charge < -0.3 is 14.6 Å². The van der Waals surface area contributed by atoms with Gasteiger partial charge in [-0.15, -0.1) is 10.2 Å². The van der Waals surface area contributed by atoms with Crippen molar-refractivity contribution in [1.29, 1.82) is 0 Å². The number of carbonyl (C=O) groups excluding carboxylic acids is 1. The van der Waals surface area contributed by atoms with Gasteiger partial charge in [-0.25, -0.2) is 0 Å². The monoisotopic (exact) mass is 258 g/mol. The van der Waals surface area contributed by atoms with Crippen LogP contribution in [-0.2, 0) is 11.3 Å². The van der Waals surface area contributed by atoms with Crippen molar-refractivity contribution in [2.75, 3.05) is 20.6 Å². The molecule has 1 heterocycles. The van der Waals surface area contributed by atoms with Crippen LogP contribution < -0.4 is 5.32 Å². The zero-order valence-corrected chi connectivity index (χ0v) is 11.4. The summed E-state index contributed by atoms with van der Waals surface area (Å²) in [5.41, 5.74) is 0. The number of rotatable bonds is 6. The van der Waals surface area contributed by atoms with E-state index in [0.717, 1.165) is 0 Å². The zero-order valence-electron chi connectivity index (χ0n) is 10.6. The van der Waals surface area contributed by atoms with Gasteiger partial charge in [0.15, 0.2) is 0 Å². The fourth-order valence-electron chi connectivity index (χ4n) is 1.14. The standard InChI is InChI=1S/C10H18N4O2S/c1-5-11-9(15)7(2)17-10-13-12-8(16-10)6-14(3)4/h7H,5-6H2,1-4H3,(H,11,15)/t7-/m0/s1. The van der Waals surface area contributed by atoms with E-state index in [1.807, 2.05) is 32.8 Å². The number of hydrogen-bond acceptors (Lipinski definition) is 6. The van der Waals surface area contributed by atoms with E-state index in [1.165, 1.54) is 11.8 Å². The fraction of sp³-hybridized carbons (Fsp3) is 0.700. The van der Waals surface area contributed by atoms with Crippen LogP contribution in [0.2, 0.25) is 0 Å².